The van der Waals surface area contributed by atoms with Crippen LogP contribution in [0.2, 0.25) is 0 Å². The summed E-state index contributed by atoms with van der Waals surface area (Å²) in [6.45, 7) is 10.5. The highest BCUT2D eigenvalue weighted by molar-refractivity contribution is 14.0. The summed E-state index contributed by atoms with van der Waals surface area (Å²) in [6, 6.07) is 4.24. The number of guanidine groups is 1. The Balaban J connectivity index is 0.00000289. The molecular weight excluding hydrogens is 519 g/mol. The van der Waals surface area contributed by atoms with Gasteiger partial charge in [-0.2, -0.15) is 0 Å². The normalized spacial score (nSPS) is 22.6. The highest BCUT2D eigenvalue weighted by atomic mass is 127. The fraction of sp³-hybridized carbons (Fsp3) is 0.739. The summed E-state index contributed by atoms with van der Waals surface area (Å²) >= 11 is 0. The number of hydrogen-bond acceptors (Lipinski definition) is 5. The zero-order chi connectivity index (χ0) is 21.6. The van der Waals surface area contributed by atoms with E-state index < -0.39 is 0 Å². The highest BCUT2D eigenvalue weighted by Gasteiger charge is 2.31. The molecular formula is C23H39IN6O2. The number of nitrogens with zero attached hydrogens (tertiary/aromatic N) is 5. The lowest BCUT2D eigenvalue weighted by atomic mass is 10.2. The van der Waals surface area contributed by atoms with Crippen molar-refractivity contribution in [1.29, 1.82) is 0 Å². The Morgan fingerprint density at radius 3 is 2.25 bits per heavy atom. The highest BCUT2D eigenvalue weighted by Crippen LogP contribution is 2.25. The van der Waals surface area contributed by atoms with E-state index in [1.807, 2.05) is 18.0 Å². The van der Waals surface area contributed by atoms with E-state index in [9.17, 15) is 4.79 Å². The van der Waals surface area contributed by atoms with Gasteiger partial charge < -0.3 is 19.5 Å². The van der Waals surface area contributed by atoms with Crippen molar-refractivity contribution in [1.82, 2.24) is 24.9 Å². The fourth-order valence-corrected chi connectivity index (χ4v) is 5.14. The number of aliphatic imine (C=N–C) groups is 1. The van der Waals surface area contributed by atoms with Crippen LogP contribution in [0, 0.1) is 0 Å². The van der Waals surface area contributed by atoms with Crippen LogP contribution in [0.3, 0.4) is 0 Å². The van der Waals surface area contributed by atoms with Crippen LogP contribution in [0.4, 0.5) is 0 Å². The van der Waals surface area contributed by atoms with Gasteiger partial charge in [0.25, 0.3) is 0 Å². The lowest BCUT2D eigenvalue weighted by molar-refractivity contribution is -0.135. The quantitative estimate of drug-likeness (QED) is 0.328. The molecule has 4 rings (SSSR count). The molecule has 9 heteroatoms. The van der Waals surface area contributed by atoms with Crippen molar-refractivity contribution in [3.63, 3.8) is 0 Å². The summed E-state index contributed by atoms with van der Waals surface area (Å²) in [5, 5.41) is 3.60. The predicted octanol–water partition coefficient (Wildman–Crippen LogP) is 2.24. The average molecular weight is 559 g/mol. The van der Waals surface area contributed by atoms with Crippen LogP contribution < -0.4 is 5.32 Å². The lowest BCUT2D eigenvalue weighted by Crippen LogP contribution is -2.57. The molecule has 4 heterocycles. The molecule has 0 aromatic carbocycles. The summed E-state index contributed by atoms with van der Waals surface area (Å²) in [5.41, 5.74) is 0. The van der Waals surface area contributed by atoms with Crippen LogP contribution in [-0.4, -0.2) is 103 Å². The third-order valence-electron chi connectivity index (χ3n) is 7.06. The smallest absolute Gasteiger partial charge is 0.239 e. The Bertz CT molecular complexity index is 723. The van der Waals surface area contributed by atoms with Gasteiger partial charge in [0.2, 0.25) is 5.91 Å². The number of furan rings is 1. The van der Waals surface area contributed by atoms with Crippen molar-refractivity contribution in [2.75, 3.05) is 66.0 Å². The number of amides is 1. The van der Waals surface area contributed by atoms with E-state index in [1.54, 1.807) is 6.26 Å². The standard InChI is InChI=1S/C23H38N6O2.HI/c1-19(22(30)28-11-5-6-12-28)26-13-15-29(16-14-26)23(24-2)25-18-20(21-8-7-17-31-21)27-9-3-4-10-27;/h7-8,17,19-20H,3-6,9-16,18H2,1-2H3,(H,24,25);1H. The van der Waals surface area contributed by atoms with Gasteiger partial charge in [0, 0.05) is 52.9 Å². The molecule has 32 heavy (non-hydrogen) atoms. The van der Waals surface area contributed by atoms with Gasteiger partial charge >= 0.3 is 0 Å². The average Bonchev–Trinajstić information content (AvgIpc) is 3.59. The maximum absolute atomic E-state index is 12.8. The van der Waals surface area contributed by atoms with Crippen LogP contribution in [0.1, 0.15) is 44.4 Å². The molecule has 180 valence electrons. The van der Waals surface area contributed by atoms with Crippen molar-refractivity contribution in [3.8, 4) is 0 Å². The Labute approximate surface area is 209 Å². The number of carbonyl (C=O) groups excluding carboxylic acids is 1. The van der Waals surface area contributed by atoms with E-state index in [2.05, 4.69) is 38.0 Å². The molecule has 3 aliphatic rings. The summed E-state index contributed by atoms with van der Waals surface area (Å²) in [7, 11) is 1.85. The summed E-state index contributed by atoms with van der Waals surface area (Å²) in [6.07, 6.45) is 6.55. The molecule has 1 aromatic rings. The molecule has 2 atom stereocenters. The number of rotatable bonds is 6. The minimum absolute atomic E-state index is 0. The molecule has 0 saturated carbocycles. The minimum Gasteiger partial charge on any atom is -0.468 e. The topological polar surface area (TPSA) is 67.6 Å². The molecule has 1 amide bonds. The number of halogens is 1. The second-order valence-corrected chi connectivity index (χ2v) is 8.93. The fourth-order valence-electron chi connectivity index (χ4n) is 5.14. The molecule has 1 N–H and O–H groups in total. The molecule has 0 spiro atoms. The zero-order valence-electron chi connectivity index (χ0n) is 19.5. The molecule has 0 aliphatic carbocycles. The lowest BCUT2D eigenvalue weighted by Gasteiger charge is -2.40. The molecule has 8 nitrogen and oxygen atoms in total. The molecule has 3 aliphatic heterocycles. The van der Waals surface area contributed by atoms with Crippen molar-refractivity contribution in [2.24, 2.45) is 4.99 Å². The Hall–Kier alpha value is -1.33. The van der Waals surface area contributed by atoms with Gasteiger partial charge in [-0.15, -0.1) is 24.0 Å². The molecule has 0 bridgehead atoms. The monoisotopic (exact) mass is 558 g/mol. The van der Waals surface area contributed by atoms with E-state index >= 15 is 0 Å². The van der Waals surface area contributed by atoms with Crippen LogP contribution >= 0.6 is 24.0 Å². The zero-order valence-corrected chi connectivity index (χ0v) is 21.9. The van der Waals surface area contributed by atoms with Gasteiger partial charge in [0.1, 0.15) is 5.76 Å². The first-order chi connectivity index (χ1) is 15.2. The van der Waals surface area contributed by atoms with Crippen LogP contribution in [0.15, 0.2) is 27.8 Å². The first kappa shape index (κ1) is 25.3. The second kappa shape index (κ2) is 12.2. The maximum Gasteiger partial charge on any atom is 0.239 e. The van der Waals surface area contributed by atoms with Crippen LogP contribution in [-0.2, 0) is 4.79 Å². The predicted molar refractivity (Wildman–Crippen MR) is 137 cm³/mol. The van der Waals surface area contributed by atoms with Gasteiger partial charge in [-0.3, -0.25) is 19.6 Å². The number of carbonyl (C=O) groups is 1. The number of nitrogens with one attached hydrogen (secondary N) is 1. The first-order valence-corrected chi connectivity index (χ1v) is 11.9. The second-order valence-electron chi connectivity index (χ2n) is 8.93. The van der Waals surface area contributed by atoms with Gasteiger partial charge in [0.05, 0.1) is 18.3 Å². The number of likely N-dealkylation sites (tertiary alicyclic amines) is 2. The Morgan fingerprint density at radius 2 is 1.66 bits per heavy atom. The van der Waals surface area contributed by atoms with E-state index in [1.165, 1.54) is 12.8 Å². The van der Waals surface area contributed by atoms with Crippen molar-refractivity contribution in [3.05, 3.63) is 24.2 Å². The number of hydrogen-bond donors (Lipinski definition) is 1. The molecule has 0 radical (unpaired) electrons. The van der Waals surface area contributed by atoms with Crippen LogP contribution in [0.25, 0.3) is 0 Å². The Kier molecular flexibility index (Phi) is 9.66. The molecule has 1 aromatic heterocycles. The first-order valence-electron chi connectivity index (χ1n) is 11.9. The van der Waals surface area contributed by atoms with Crippen molar-refractivity contribution < 1.29 is 9.21 Å². The van der Waals surface area contributed by atoms with Crippen LogP contribution in [0.5, 0.6) is 0 Å². The largest absolute Gasteiger partial charge is 0.468 e. The van der Waals surface area contributed by atoms with Gasteiger partial charge in [0.15, 0.2) is 5.96 Å². The minimum atomic E-state index is -0.0336. The molecule has 3 saturated heterocycles. The van der Waals surface area contributed by atoms with Gasteiger partial charge in [-0.1, -0.05) is 0 Å². The summed E-state index contributed by atoms with van der Waals surface area (Å²) in [5.74, 6) is 2.25. The van der Waals surface area contributed by atoms with Crippen molar-refractivity contribution >= 4 is 35.8 Å². The van der Waals surface area contributed by atoms with Gasteiger partial charge in [-0.25, -0.2) is 0 Å². The molecule has 3 fully saturated rings. The number of piperazine rings is 1. The third-order valence-corrected chi connectivity index (χ3v) is 7.06. The summed E-state index contributed by atoms with van der Waals surface area (Å²) in [4.78, 5) is 26.5. The Morgan fingerprint density at radius 1 is 1.00 bits per heavy atom. The van der Waals surface area contributed by atoms with E-state index in [4.69, 9.17) is 4.42 Å². The van der Waals surface area contributed by atoms with Crippen molar-refractivity contribution in [2.45, 2.75) is 44.7 Å². The van der Waals surface area contributed by atoms with Gasteiger partial charge in [-0.05, 0) is 57.8 Å². The molecule has 2 unspecified atom stereocenters. The maximum atomic E-state index is 12.8. The van der Waals surface area contributed by atoms with E-state index in [-0.39, 0.29) is 36.1 Å². The summed E-state index contributed by atoms with van der Waals surface area (Å²) < 4.78 is 5.75. The van der Waals surface area contributed by atoms with E-state index in [0.29, 0.717) is 5.91 Å². The van der Waals surface area contributed by atoms with E-state index in [0.717, 1.165) is 83.5 Å². The third kappa shape index (κ3) is 5.96. The SMILES string of the molecule is CN=C(NCC(c1ccco1)N1CCCC1)N1CCN(C(C)C(=O)N2CCCC2)CC1.I.